The Morgan fingerprint density at radius 3 is 2.48 bits per heavy atom. The number of hydrogen-bond acceptors (Lipinski definition) is 5. The lowest BCUT2D eigenvalue weighted by molar-refractivity contribution is -0.113. The first kappa shape index (κ1) is 20.9. The average molecular weight is 407 g/mol. The molecule has 0 spiro atoms. The van der Waals surface area contributed by atoms with Crippen molar-refractivity contribution in [1.29, 1.82) is 0 Å². The van der Waals surface area contributed by atoms with Crippen LogP contribution in [0.25, 0.3) is 0 Å². The van der Waals surface area contributed by atoms with Crippen LogP contribution in [-0.2, 0) is 14.8 Å². The maximum Gasteiger partial charge on any atom is 0.262 e. The van der Waals surface area contributed by atoms with Crippen LogP contribution in [0.5, 0.6) is 5.75 Å². The molecule has 0 unspecified atom stereocenters. The topological polar surface area (TPSA) is 84.5 Å². The van der Waals surface area contributed by atoms with Crippen LogP contribution in [0.3, 0.4) is 0 Å². The number of methoxy groups -OCH3 is 1. The molecule has 1 amide bonds. The van der Waals surface area contributed by atoms with Gasteiger partial charge in [0.1, 0.15) is 5.75 Å². The number of carbonyl (C=O) groups excluding carboxylic acids is 1. The van der Waals surface area contributed by atoms with Crippen molar-refractivity contribution in [3.63, 3.8) is 0 Å². The number of hydrogen-bond donors (Lipinski definition) is 2. The number of benzene rings is 2. The Morgan fingerprint density at radius 2 is 1.85 bits per heavy atom. The number of ether oxygens (including phenoxy) is 1. The molecule has 0 aliphatic heterocycles. The molecule has 2 aromatic carbocycles. The number of aryl methyl sites for hydroxylation is 1. The summed E-state index contributed by atoms with van der Waals surface area (Å²) >= 11 is 1.43. The van der Waals surface area contributed by atoms with Gasteiger partial charge in [-0.1, -0.05) is 12.1 Å². The molecule has 0 saturated heterocycles. The first-order valence-electron chi connectivity index (χ1n) is 8.11. The highest BCUT2D eigenvalue weighted by Gasteiger charge is 2.18. The molecule has 0 fully saturated rings. The van der Waals surface area contributed by atoms with Crippen LogP contribution < -0.4 is 14.8 Å². The summed E-state index contributed by atoms with van der Waals surface area (Å²) in [6.07, 6.45) is 1.72. The first-order chi connectivity index (χ1) is 12.9. The SMILES string of the molecule is C=CCSCC(=O)Nc1ccc(C)c(S(=O)(=O)Nc2ccc(OC)cc2)c1. The van der Waals surface area contributed by atoms with Gasteiger partial charge in [0.05, 0.1) is 17.8 Å². The highest BCUT2D eigenvalue weighted by atomic mass is 32.2. The minimum absolute atomic E-state index is 0.106. The monoisotopic (exact) mass is 406 g/mol. The maximum atomic E-state index is 12.8. The van der Waals surface area contributed by atoms with Crippen molar-refractivity contribution in [3.8, 4) is 5.75 Å². The highest BCUT2D eigenvalue weighted by Crippen LogP contribution is 2.24. The molecule has 0 aliphatic rings. The average Bonchev–Trinajstić information content (AvgIpc) is 2.64. The largest absolute Gasteiger partial charge is 0.497 e. The third-order valence-corrected chi connectivity index (χ3v) is 6.03. The number of amides is 1. The molecule has 0 aliphatic carbocycles. The molecule has 0 atom stereocenters. The minimum Gasteiger partial charge on any atom is -0.497 e. The fourth-order valence-electron chi connectivity index (χ4n) is 2.27. The lowest BCUT2D eigenvalue weighted by atomic mass is 10.2. The minimum atomic E-state index is -3.80. The predicted octanol–water partition coefficient (Wildman–Crippen LogP) is 3.66. The van der Waals surface area contributed by atoms with Gasteiger partial charge >= 0.3 is 0 Å². The predicted molar refractivity (Wildman–Crippen MR) is 111 cm³/mol. The van der Waals surface area contributed by atoms with Gasteiger partial charge in [-0.15, -0.1) is 18.3 Å². The van der Waals surface area contributed by atoms with E-state index >= 15 is 0 Å². The Labute approximate surface area is 164 Å². The molecule has 6 nitrogen and oxygen atoms in total. The summed E-state index contributed by atoms with van der Waals surface area (Å²) in [6.45, 7) is 5.30. The molecule has 0 bridgehead atoms. The molecular weight excluding hydrogens is 384 g/mol. The number of sulfonamides is 1. The van der Waals surface area contributed by atoms with E-state index in [4.69, 9.17) is 4.74 Å². The number of thioether (sulfide) groups is 1. The summed E-state index contributed by atoms with van der Waals surface area (Å²) < 4.78 is 33.1. The van der Waals surface area contributed by atoms with E-state index in [1.165, 1.54) is 24.9 Å². The van der Waals surface area contributed by atoms with E-state index in [-0.39, 0.29) is 16.6 Å². The molecule has 0 heterocycles. The Kier molecular flexibility index (Phi) is 7.32. The van der Waals surface area contributed by atoms with E-state index in [2.05, 4.69) is 16.6 Å². The molecule has 0 radical (unpaired) electrons. The summed E-state index contributed by atoms with van der Waals surface area (Å²) in [7, 11) is -2.26. The van der Waals surface area contributed by atoms with Gasteiger partial charge in [0, 0.05) is 17.1 Å². The normalized spacial score (nSPS) is 10.9. The quantitative estimate of drug-likeness (QED) is 0.490. The second kappa shape index (κ2) is 9.48. The van der Waals surface area contributed by atoms with Crippen LogP contribution in [0.1, 0.15) is 5.56 Å². The lowest BCUT2D eigenvalue weighted by Gasteiger charge is -2.13. The van der Waals surface area contributed by atoms with Crippen molar-refractivity contribution in [3.05, 3.63) is 60.7 Å². The first-order valence-corrected chi connectivity index (χ1v) is 10.8. The van der Waals surface area contributed by atoms with Crippen molar-refractivity contribution in [2.24, 2.45) is 0 Å². The molecular formula is C19H22N2O4S2. The van der Waals surface area contributed by atoms with E-state index in [1.54, 1.807) is 49.4 Å². The van der Waals surface area contributed by atoms with Crippen molar-refractivity contribution >= 4 is 39.1 Å². The van der Waals surface area contributed by atoms with Gasteiger partial charge in [-0.05, 0) is 48.9 Å². The zero-order valence-corrected chi connectivity index (χ0v) is 16.8. The summed E-state index contributed by atoms with van der Waals surface area (Å²) in [6, 6.07) is 11.4. The molecule has 2 aromatic rings. The standard InChI is InChI=1S/C19H22N2O4S2/c1-4-11-26-13-19(22)20-16-6-5-14(2)18(12-16)27(23,24)21-15-7-9-17(25-3)10-8-15/h4-10,12,21H,1,11,13H2,2-3H3,(H,20,22). The zero-order chi connectivity index (χ0) is 19.9. The van der Waals surface area contributed by atoms with Gasteiger partial charge in [0.15, 0.2) is 0 Å². The Bertz CT molecular complexity index is 910. The van der Waals surface area contributed by atoms with Crippen molar-refractivity contribution in [2.45, 2.75) is 11.8 Å². The summed E-state index contributed by atoms with van der Waals surface area (Å²) in [5, 5.41) is 2.72. The number of nitrogens with one attached hydrogen (secondary N) is 2. The Balaban J connectivity index is 2.17. The number of rotatable bonds is 9. The summed E-state index contributed by atoms with van der Waals surface area (Å²) in [5.74, 6) is 1.38. The van der Waals surface area contributed by atoms with E-state index in [0.717, 1.165) is 0 Å². The van der Waals surface area contributed by atoms with E-state index in [0.29, 0.717) is 28.4 Å². The summed E-state index contributed by atoms with van der Waals surface area (Å²) in [5.41, 5.74) is 1.43. The van der Waals surface area contributed by atoms with Gasteiger partial charge in [0.25, 0.3) is 10.0 Å². The van der Waals surface area contributed by atoms with Crippen LogP contribution in [0.15, 0.2) is 60.0 Å². The third kappa shape index (κ3) is 6.04. The molecule has 8 heteroatoms. The van der Waals surface area contributed by atoms with Crippen molar-refractivity contribution in [2.75, 3.05) is 28.7 Å². The van der Waals surface area contributed by atoms with Crippen LogP contribution in [0.2, 0.25) is 0 Å². The van der Waals surface area contributed by atoms with Crippen molar-refractivity contribution in [1.82, 2.24) is 0 Å². The molecule has 0 aromatic heterocycles. The molecule has 2 rings (SSSR count). The lowest BCUT2D eigenvalue weighted by Crippen LogP contribution is -2.17. The van der Waals surface area contributed by atoms with Crippen LogP contribution in [-0.4, -0.2) is 32.9 Å². The van der Waals surface area contributed by atoms with Gasteiger partial charge in [-0.25, -0.2) is 8.42 Å². The third-order valence-electron chi connectivity index (χ3n) is 3.57. The second-order valence-corrected chi connectivity index (χ2v) is 8.35. The number of carbonyl (C=O) groups is 1. The van der Waals surface area contributed by atoms with Gasteiger partial charge in [-0.2, -0.15) is 0 Å². The zero-order valence-electron chi connectivity index (χ0n) is 15.2. The van der Waals surface area contributed by atoms with Gasteiger partial charge in [0.2, 0.25) is 5.91 Å². The van der Waals surface area contributed by atoms with Gasteiger partial charge < -0.3 is 10.1 Å². The van der Waals surface area contributed by atoms with Crippen molar-refractivity contribution < 1.29 is 17.9 Å². The Hall–Kier alpha value is -2.45. The smallest absolute Gasteiger partial charge is 0.262 e. The van der Waals surface area contributed by atoms with E-state index < -0.39 is 10.0 Å². The van der Waals surface area contributed by atoms with Gasteiger partial charge in [-0.3, -0.25) is 9.52 Å². The molecule has 27 heavy (non-hydrogen) atoms. The van der Waals surface area contributed by atoms with E-state index in [1.807, 2.05) is 0 Å². The highest BCUT2D eigenvalue weighted by molar-refractivity contribution is 8.00. The second-order valence-electron chi connectivity index (χ2n) is 5.67. The molecule has 0 saturated carbocycles. The summed E-state index contributed by atoms with van der Waals surface area (Å²) in [4.78, 5) is 12.0. The maximum absolute atomic E-state index is 12.8. The fourth-order valence-corrected chi connectivity index (χ4v) is 4.14. The van der Waals surface area contributed by atoms with E-state index in [9.17, 15) is 13.2 Å². The van der Waals surface area contributed by atoms with Crippen LogP contribution >= 0.6 is 11.8 Å². The number of anilines is 2. The van der Waals surface area contributed by atoms with Crippen LogP contribution in [0.4, 0.5) is 11.4 Å². The molecule has 2 N–H and O–H groups in total. The molecule has 144 valence electrons. The van der Waals surface area contributed by atoms with Crippen LogP contribution in [0, 0.1) is 6.92 Å². The Morgan fingerprint density at radius 1 is 1.19 bits per heavy atom. The fraction of sp³-hybridized carbons (Fsp3) is 0.211.